The molecule has 2 heterocycles. The highest BCUT2D eigenvalue weighted by Crippen LogP contribution is 2.32. The van der Waals surface area contributed by atoms with Gasteiger partial charge in [0.15, 0.2) is 0 Å². The van der Waals surface area contributed by atoms with Crippen LogP contribution in [0.15, 0.2) is 42.7 Å². The van der Waals surface area contributed by atoms with E-state index in [1.54, 1.807) is 6.07 Å². The van der Waals surface area contributed by atoms with Gasteiger partial charge >= 0.3 is 0 Å². The number of carbonyl (C=O) groups is 1. The van der Waals surface area contributed by atoms with E-state index in [2.05, 4.69) is 38.8 Å². The standard InChI is InChI=1S/C20H20Cl2N4O/c1-13(17-4-2-14(21)8-18(17)22)26-11-23-19-5-3-16(9-20(19)26)25-7-6-15(10-25)24-12-27/h2-5,8-9,11-13,15H,6-7,10H2,1H3,(H,24,27). The fourth-order valence-corrected chi connectivity index (χ4v) is 4.30. The summed E-state index contributed by atoms with van der Waals surface area (Å²) < 4.78 is 2.13. The fraction of sp³-hybridized carbons (Fsp3) is 0.300. The topological polar surface area (TPSA) is 50.2 Å². The molecule has 7 heteroatoms. The zero-order valence-corrected chi connectivity index (χ0v) is 16.4. The van der Waals surface area contributed by atoms with Crippen molar-refractivity contribution in [1.29, 1.82) is 0 Å². The first-order valence-electron chi connectivity index (χ1n) is 8.93. The molecule has 1 saturated heterocycles. The average Bonchev–Trinajstić information content (AvgIpc) is 3.28. The summed E-state index contributed by atoms with van der Waals surface area (Å²) in [6.07, 6.45) is 3.58. The minimum atomic E-state index is 0.0260. The zero-order valence-electron chi connectivity index (χ0n) is 14.9. The second-order valence-corrected chi connectivity index (χ2v) is 7.73. The van der Waals surface area contributed by atoms with Crippen LogP contribution in [0, 0.1) is 0 Å². The lowest BCUT2D eigenvalue weighted by Gasteiger charge is -2.20. The Kier molecular flexibility index (Phi) is 4.98. The van der Waals surface area contributed by atoms with E-state index >= 15 is 0 Å². The molecular formula is C20H20Cl2N4O. The van der Waals surface area contributed by atoms with Crippen LogP contribution in [-0.2, 0) is 4.79 Å². The van der Waals surface area contributed by atoms with E-state index in [4.69, 9.17) is 23.2 Å². The van der Waals surface area contributed by atoms with Gasteiger partial charge in [0.1, 0.15) is 0 Å². The van der Waals surface area contributed by atoms with E-state index in [9.17, 15) is 4.79 Å². The molecule has 4 rings (SSSR count). The molecule has 27 heavy (non-hydrogen) atoms. The molecule has 1 N–H and O–H groups in total. The molecular weight excluding hydrogens is 383 g/mol. The smallest absolute Gasteiger partial charge is 0.207 e. The molecule has 1 aliphatic rings. The molecule has 0 saturated carbocycles. The summed E-state index contributed by atoms with van der Waals surface area (Å²) >= 11 is 12.4. The van der Waals surface area contributed by atoms with E-state index in [1.165, 1.54) is 0 Å². The predicted octanol–water partition coefficient (Wildman–Crippen LogP) is 4.28. The van der Waals surface area contributed by atoms with Crippen molar-refractivity contribution < 1.29 is 4.79 Å². The van der Waals surface area contributed by atoms with Gasteiger partial charge in [-0.05, 0) is 49.2 Å². The Hall–Kier alpha value is -2.24. The third kappa shape index (κ3) is 3.49. The molecule has 1 aromatic heterocycles. The first kappa shape index (κ1) is 18.1. The lowest BCUT2D eigenvalue weighted by molar-refractivity contribution is -0.110. The molecule has 1 amide bonds. The number of imidazole rings is 1. The van der Waals surface area contributed by atoms with Gasteiger partial charge in [-0.15, -0.1) is 0 Å². The van der Waals surface area contributed by atoms with E-state index in [0.29, 0.717) is 10.0 Å². The van der Waals surface area contributed by atoms with Crippen LogP contribution >= 0.6 is 23.2 Å². The van der Waals surface area contributed by atoms with Crippen molar-refractivity contribution in [2.75, 3.05) is 18.0 Å². The molecule has 2 unspecified atom stereocenters. The number of anilines is 1. The highest BCUT2D eigenvalue weighted by atomic mass is 35.5. The molecule has 140 valence electrons. The Balaban J connectivity index is 1.67. The first-order chi connectivity index (χ1) is 13.1. The molecule has 2 aromatic carbocycles. The van der Waals surface area contributed by atoms with Crippen LogP contribution < -0.4 is 10.2 Å². The van der Waals surface area contributed by atoms with Crippen LogP contribution in [0.25, 0.3) is 11.0 Å². The van der Waals surface area contributed by atoms with Gasteiger partial charge in [0.2, 0.25) is 6.41 Å². The quantitative estimate of drug-likeness (QED) is 0.647. The predicted molar refractivity (Wildman–Crippen MR) is 110 cm³/mol. The summed E-state index contributed by atoms with van der Waals surface area (Å²) in [5.74, 6) is 0. The van der Waals surface area contributed by atoms with Crippen LogP contribution in [-0.4, -0.2) is 35.1 Å². The normalized spacial score (nSPS) is 18.0. The number of rotatable bonds is 5. The summed E-state index contributed by atoms with van der Waals surface area (Å²) in [6.45, 7) is 3.84. The number of benzene rings is 2. The molecule has 0 aliphatic carbocycles. The number of hydrogen-bond acceptors (Lipinski definition) is 3. The fourth-order valence-electron chi connectivity index (χ4n) is 3.74. The lowest BCUT2D eigenvalue weighted by atomic mass is 10.1. The maximum Gasteiger partial charge on any atom is 0.207 e. The summed E-state index contributed by atoms with van der Waals surface area (Å²) in [6, 6.07) is 12.1. The number of amides is 1. The van der Waals surface area contributed by atoms with E-state index in [1.807, 2.05) is 24.5 Å². The largest absolute Gasteiger partial charge is 0.369 e. The van der Waals surface area contributed by atoms with Crippen molar-refractivity contribution in [1.82, 2.24) is 14.9 Å². The van der Waals surface area contributed by atoms with E-state index in [0.717, 1.165) is 48.2 Å². The Morgan fingerprint density at radius 2 is 2.11 bits per heavy atom. The Morgan fingerprint density at radius 3 is 2.89 bits per heavy atom. The van der Waals surface area contributed by atoms with Crippen LogP contribution in [0.1, 0.15) is 24.9 Å². The molecule has 0 spiro atoms. The SMILES string of the molecule is CC(c1ccc(Cl)cc1Cl)n1cnc2ccc(N3CCC(NC=O)C3)cc21. The van der Waals surface area contributed by atoms with E-state index < -0.39 is 0 Å². The zero-order chi connectivity index (χ0) is 19.0. The van der Waals surface area contributed by atoms with Gasteiger partial charge in [-0.25, -0.2) is 4.98 Å². The minimum absolute atomic E-state index is 0.0260. The van der Waals surface area contributed by atoms with Crippen molar-refractivity contribution in [2.24, 2.45) is 0 Å². The number of nitrogens with one attached hydrogen (secondary N) is 1. The highest BCUT2D eigenvalue weighted by Gasteiger charge is 2.23. The van der Waals surface area contributed by atoms with E-state index in [-0.39, 0.29) is 12.1 Å². The number of hydrogen-bond donors (Lipinski definition) is 1. The Morgan fingerprint density at radius 1 is 1.26 bits per heavy atom. The monoisotopic (exact) mass is 402 g/mol. The van der Waals surface area contributed by atoms with Gasteiger partial charge in [0.05, 0.1) is 23.4 Å². The molecule has 2 atom stereocenters. The van der Waals surface area contributed by atoms with Gasteiger partial charge in [0, 0.05) is 34.9 Å². The van der Waals surface area contributed by atoms with Crippen LogP contribution in [0.2, 0.25) is 10.0 Å². The third-order valence-corrected chi connectivity index (χ3v) is 5.81. The number of carbonyl (C=O) groups excluding carboxylic acids is 1. The summed E-state index contributed by atoms with van der Waals surface area (Å²) in [5, 5.41) is 4.15. The Labute approximate surface area is 167 Å². The van der Waals surface area contributed by atoms with Crippen molar-refractivity contribution >= 4 is 46.3 Å². The maximum atomic E-state index is 10.7. The number of fused-ring (bicyclic) bond motifs is 1. The summed E-state index contributed by atoms with van der Waals surface area (Å²) in [4.78, 5) is 17.5. The van der Waals surface area contributed by atoms with Crippen molar-refractivity contribution in [3.63, 3.8) is 0 Å². The van der Waals surface area contributed by atoms with Crippen LogP contribution in [0.5, 0.6) is 0 Å². The number of nitrogens with zero attached hydrogens (tertiary/aromatic N) is 3. The van der Waals surface area contributed by atoms with Gasteiger partial charge < -0.3 is 14.8 Å². The van der Waals surface area contributed by atoms with Gasteiger partial charge in [-0.3, -0.25) is 4.79 Å². The minimum Gasteiger partial charge on any atom is -0.369 e. The van der Waals surface area contributed by atoms with Gasteiger partial charge in [-0.2, -0.15) is 0 Å². The molecule has 5 nitrogen and oxygen atoms in total. The second kappa shape index (κ2) is 7.41. The molecule has 0 radical (unpaired) electrons. The molecule has 0 bridgehead atoms. The van der Waals surface area contributed by atoms with Crippen LogP contribution in [0.4, 0.5) is 5.69 Å². The summed E-state index contributed by atoms with van der Waals surface area (Å²) in [5.41, 5.74) is 4.13. The number of halogens is 2. The highest BCUT2D eigenvalue weighted by molar-refractivity contribution is 6.35. The van der Waals surface area contributed by atoms with Crippen molar-refractivity contribution in [2.45, 2.75) is 25.4 Å². The first-order valence-corrected chi connectivity index (χ1v) is 9.68. The molecule has 1 aliphatic heterocycles. The van der Waals surface area contributed by atoms with Crippen LogP contribution in [0.3, 0.4) is 0 Å². The average molecular weight is 403 g/mol. The lowest BCUT2D eigenvalue weighted by Crippen LogP contribution is -2.31. The molecule has 1 fully saturated rings. The second-order valence-electron chi connectivity index (χ2n) is 6.88. The molecule has 3 aromatic rings. The maximum absolute atomic E-state index is 10.7. The van der Waals surface area contributed by atoms with Crippen molar-refractivity contribution in [3.05, 3.63) is 58.3 Å². The van der Waals surface area contributed by atoms with Gasteiger partial charge in [0.25, 0.3) is 0 Å². The third-order valence-electron chi connectivity index (χ3n) is 5.25. The van der Waals surface area contributed by atoms with Gasteiger partial charge in [-0.1, -0.05) is 29.3 Å². The van der Waals surface area contributed by atoms with Crippen molar-refractivity contribution in [3.8, 4) is 0 Å². The number of aromatic nitrogens is 2. The summed E-state index contributed by atoms with van der Waals surface area (Å²) in [7, 11) is 0. The Bertz CT molecular complexity index is 987.